The molecule has 0 saturated heterocycles. The molecular weight excluding hydrogens is 1650 g/mol. The molecule has 2 aliphatic rings. The fraction of sp³-hybridized carbons (Fsp3) is 0.0161. The first kappa shape index (κ1) is 78.4. The van der Waals surface area contributed by atoms with E-state index in [0.29, 0.717) is 0 Å². The average molecular weight is 1740 g/mol. The number of hydrogen-bond acceptors (Lipinski definition) is 6. The van der Waals surface area contributed by atoms with Crippen molar-refractivity contribution in [2.75, 3.05) is 14.7 Å². The number of rotatable bonds is 14. The van der Waals surface area contributed by atoms with Crippen LogP contribution in [0.15, 0.2) is 497 Å². The summed E-state index contributed by atoms with van der Waals surface area (Å²) >= 11 is 3.75. The Labute approximate surface area is 777 Å². The molecule has 2 atom stereocenters. The van der Waals surface area contributed by atoms with E-state index in [1.165, 1.54) is 150 Å². The normalized spacial score (nSPS) is 13.3. The summed E-state index contributed by atoms with van der Waals surface area (Å²) in [6.07, 6.45) is 8.65. The summed E-state index contributed by atoms with van der Waals surface area (Å²) in [5.41, 5.74) is 26.9. The van der Waals surface area contributed by atoms with Crippen molar-refractivity contribution in [1.29, 1.82) is 0 Å². The number of allylic oxidation sites excluding steroid dienone is 2. The number of aromatic nitrogens is 3. The van der Waals surface area contributed by atoms with Gasteiger partial charge >= 0.3 is 0 Å². The van der Waals surface area contributed by atoms with E-state index >= 15 is 0 Å². The Kier molecular flexibility index (Phi) is 19.7. The van der Waals surface area contributed by atoms with E-state index < -0.39 is 0 Å². The highest BCUT2D eigenvalue weighted by Crippen LogP contribution is 2.49. The molecule has 7 nitrogen and oxygen atoms in total. The van der Waals surface area contributed by atoms with Crippen LogP contribution in [-0.2, 0) is 0 Å². The maximum absolute atomic E-state index is 6.47. The first-order chi connectivity index (χ1) is 65.9. The molecule has 25 aromatic rings. The Morgan fingerprint density at radius 1 is 0.203 bits per heavy atom. The lowest BCUT2D eigenvalue weighted by molar-refractivity contribution is 0.269. The van der Waals surface area contributed by atoms with Gasteiger partial charge in [-0.2, -0.15) is 0 Å². The molecule has 9 heteroatoms. The van der Waals surface area contributed by atoms with Crippen molar-refractivity contribution < 1.29 is 4.74 Å². The first-order valence-corrected chi connectivity index (χ1v) is 47.0. The Morgan fingerprint density at radius 3 is 0.962 bits per heavy atom. The molecule has 1 aliphatic carbocycles. The zero-order valence-corrected chi connectivity index (χ0v) is 74.0. The molecule has 0 saturated carbocycles. The van der Waals surface area contributed by atoms with Crippen molar-refractivity contribution in [3.05, 3.63) is 503 Å². The number of ether oxygens (including phenoxy) is 1. The van der Waals surface area contributed by atoms with Crippen LogP contribution in [0.2, 0.25) is 0 Å². The van der Waals surface area contributed by atoms with Gasteiger partial charge in [0.1, 0.15) is 11.9 Å². The van der Waals surface area contributed by atoms with Crippen LogP contribution in [0.25, 0.3) is 156 Å². The topological polar surface area (TPSA) is 33.7 Å². The molecule has 20 aromatic carbocycles. The summed E-state index contributed by atoms with van der Waals surface area (Å²) in [5, 5.41) is 15.5. The lowest BCUT2D eigenvalue weighted by atomic mass is 9.92. The second kappa shape index (κ2) is 33.4. The van der Waals surface area contributed by atoms with Crippen molar-refractivity contribution in [2.24, 2.45) is 0 Å². The summed E-state index contributed by atoms with van der Waals surface area (Å²) in [6.45, 7) is 0. The number of thiophene rings is 2. The molecule has 0 radical (unpaired) electrons. The third-order valence-corrected chi connectivity index (χ3v) is 28.7. The molecule has 1 aliphatic heterocycles. The van der Waals surface area contributed by atoms with E-state index in [1.807, 2.05) is 22.7 Å². The standard InChI is InChI=1S/C46H32N2O.C42H28N2S.C36H24N2S/c1-2-10-33-29-34(18-17-31(33)9-1)32-19-21-35(22-20-32)47(38-27-28-42-41-13-5-8-16-45(41)49-46(42)30-38)36-23-25-37(26-24-36)48-43-14-6-3-11-39(43)40-12-4-7-15-44(40)48;1-3-11-31(12-4-1)43(32-13-5-2-6-14-32)33-23-19-29(20-24-33)30-21-25-34(26-22-30)44-39-17-9-7-15-35(39)37-27-38-36-16-8-10-18-41(36)45-42(38)28-40(37)44;1-3-11-25(12-4-1)37(26-13-5-2-6-14-26)27-19-21-28(22-20-27)38-33-17-9-7-15-29(33)31-23-32-30-16-8-10-18-35(30)39-36(32)24-34(31)38/h1-30,41,45H;1-28H;1-24H. The van der Waals surface area contributed by atoms with Crippen LogP contribution >= 0.6 is 22.7 Å². The average Bonchev–Trinajstić information content (AvgIpc) is 1.57. The van der Waals surface area contributed by atoms with Crippen molar-refractivity contribution >= 4 is 190 Å². The van der Waals surface area contributed by atoms with E-state index in [0.717, 1.165) is 68.3 Å². The molecule has 628 valence electrons. The molecular formula is C124H84N6OS2. The maximum atomic E-state index is 6.47. The lowest BCUT2D eigenvalue weighted by Gasteiger charge is -2.26. The Morgan fingerprint density at radius 2 is 0.519 bits per heavy atom. The fourth-order valence-corrected chi connectivity index (χ4v) is 22.5. The fourth-order valence-electron chi connectivity index (χ4n) is 20.2. The predicted octanol–water partition coefficient (Wildman–Crippen LogP) is 35.0. The van der Waals surface area contributed by atoms with E-state index in [-0.39, 0.29) is 12.0 Å². The number of benzene rings is 20. The van der Waals surface area contributed by atoms with Crippen LogP contribution in [0.4, 0.5) is 51.2 Å². The highest BCUT2D eigenvalue weighted by Gasteiger charge is 2.33. The van der Waals surface area contributed by atoms with Crippen molar-refractivity contribution in [3.8, 4) is 45.1 Å². The molecule has 2 unspecified atom stereocenters. The molecule has 0 fully saturated rings. The van der Waals surface area contributed by atoms with Gasteiger partial charge in [-0.1, -0.05) is 279 Å². The molecule has 27 rings (SSSR count). The molecule has 0 amide bonds. The number of fused-ring (bicyclic) bond motifs is 19. The smallest absolute Gasteiger partial charge is 0.128 e. The van der Waals surface area contributed by atoms with Crippen LogP contribution in [0.5, 0.6) is 5.75 Å². The Balaban J connectivity index is 0.000000108. The van der Waals surface area contributed by atoms with Gasteiger partial charge in [0, 0.05) is 158 Å². The highest BCUT2D eigenvalue weighted by atomic mass is 32.1. The van der Waals surface area contributed by atoms with Gasteiger partial charge in [0.05, 0.1) is 33.1 Å². The number of anilines is 9. The van der Waals surface area contributed by atoms with Crippen LogP contribution < -0.4 is 19.4 Å². The zero-order chi connectivity index (χ0) is 87.8. The van der Waals surface area contributed by atoms with Gasteiger partial charge in [-0.3, -0.25) is 0 Å². The summed E-state index contributed by atoms with van der Waals surface area (Å²) < 4.78 is 19.0. The molecule has 0 bridgehead atoms. The van der Waals surface area contributed by atoms with Crippen LogP contribution in [0, 0.1) is 0 Å². The Bertz CT molecular complexity index is 8650. The minimum atomic E-state index is 0.0513. The van der Waals surface area contributed by atoms with E-state index in [1.54, 1.807) is 0 Å². The van der Waals surface area contributed by atoms with Crippen molar-refractivity contribution in [1.82, 2.24) is 13.7 Å². The third kappa shape index (κ3) is 14.1. The SMILES string of the molecule is C1=CC2Oc3cc(N(c4ccc(-c5ccc6ccccc6c5)cc4)c4ccc(-n5c6ccccc6c6ccccc65)cc4)ccc3C2C=C1.c1ccc(N(c2ccccc2)c2ccc(-c3ccc(-n4c5ccccc5c5cc6c(cc54)sc4ccccc46)cc3)cc2)cc1.c1ccc(N(c2ccccc2)c2ccc(-n3c4ccccc4c4cc5c(cc43)sc3ccccc35)cc2)cc1. The molecule has 6 heterocycles. The van der Waals surface area contributed by atoms with Gasteiger partial charge < -0.3 is 33.1 Å². The van der Waals surface area contributed by atoms with Crippen LogP contribution in [0.3, 0.4) is 0 Å². The quantitative estimate of drug-likeness (QED) is 0.109. The van der Waals surface area contributed by atoms with E-state index in [2.05, 4.69) is 526 Å². The summed E-state index contributed by atoms with van der Waals surface area (Å²) in [7, 11) is 0. The van der Waals surface area contributed by atoms with Gasteiger partial charge in [0.15, 0.2) is 0 Å². The number of nitrogens with zero attached hydrogens (tertiary/aromatic N) is 6. The first-order valence-electron chi connectivity index (χ1n) is 45.4. The maximum Gasteiger partial charge on any atom is 0.128 e. The Hall–Kier alpha value is -16.8. The van der Waals surface area contributed by atoms with Crippen molar-refractivity contribution in [2.45, 2.75) is 12.0 Å². The zero-order valence-electron chi connectivity index (χ0n) is 72.4. The van der Waals surface area contributed by atoms with Gasteiger partial charge in [0.2, 0.25) is 0 Å². The van der Waals surface area contributed by atoms with Gasteiger partial charge in [-0.25, -0.2) is 0 Å². The second-order valence-corrected chi connectivity index (χ2v) is 36.4. The van der Waals surface area contributed by atoms with Crippen molar-refractivity contribution in [3.63, 3.8) is 0 Å². The third-order valence-electron chi connectivity index (χ3n) is 26.5. The number of para-hydroxylation sites is 8. The van der Waals surface area contributed by atoms with Gasteiger partial charge in [0.25, 0.3) is 0 Å². The highest BCUT2D eigenvalue weighted by molar-refractivity contribution is 7.26. The van der Waals surface area contributed by atoms with Crippen LogP contribution in [0.1, 0.15) is 11.5 Å². The minimum Gasteiger partial charge on any atom is -0.485 e. The summed E-state index contributed by atoms with van der Waals surface area (Å²) in [4.78, 5) is 6.93. The van der Waals surface area contributed by atoms with Gasteiger partial charge in [-0.05, 0) is 245 Å². The van der Waals surface area contributed by atoms with Gasteiger partial charge in [-0.15, -0.1) is 22.7 Å². The van der Waals surface area contributed by atoms with Crippen LogP contribution in [-0.4, -0.2) is 19.8 Å². The molecule has 5 aromatic heterocycles. The molecule has 0 N–H and O–H groups in total. The lowest BCUT2D eigenvalue weighted by Crippen LogP contribution is -2.15. The monoisotopic (exact) mass is 1740 g/mol. The summed E-state index contributed by atoms with van der Waals surface area (Å²) in [5.74, 6) is 1.21. The predicted molar refractivity (Wildman–Crippen MR) is 566 cm³/mol. The minimum absolute atomic E-state index is 0.0513. The van der Waals surface area contributed by atoms with E-state index in [9.17, 15) is 0 Å². The summed E-state index contributed by atoms with van der Waals surface area (Å²) in [6, 6.07) is 171. The van der Waals surface area contributed by atoms with E-state index in [4.69, 9.17) is 4.74 Å². The largest absolute Gasteiger partial charge is 0.485 e. The second-order valence-electron chi connectivity index (χ2n) is 34.2. The number of hydrogen-bond donors (Lipinski definition) is 0. The molecule has 0 spiro atoms. The molecule has 133 heavy (non-hydrogen) atoms.